The highest BCUT2D eigenvalue weighted by Crippen LogP contribution is 2.27. The van der Waals surface area contributed by atoms with Gasteiger partial charge >= 0.3 is 0 Å². The molecule has 3 aromatic rings. The Bertz CT molecular complexity index is 838. The van der Waals surface area contributed by atoms with E-state index < -0.39 is 0 Å². The molecule has 0 aliphatic carbocycles. The van der Waals surface area contributed by atoms with E-state index in [1.165, 1.54) is 6.33 Å². The predicted octanol–water partition coefficient (Wildman–Crippen LogP) is 3.38. The lowest BCUT2D eigenvalue weighted by Crippen LogP contribution is -2.23. The first kappa shape index (κ1) is 16.7. The Labute approximate surface area is 145 Å². The van der Waals surface area contributed by atoms with Crippen LogP contribution in [0.1, 0.15) is 32.4 Å². The van der Waals surface area contributed by atoms with Crippen LogP contribution >= 0.6 is 11.6 Å². The normalized spacial score (nSPS) is 13.2. The highest BCUT2D eigenvalue weighted by atomic mass is 35.5. The van der Waals surface area contributed by atoms with Crippen LogP contribution in [0.15, 0.2) is 36.8 Å². The minimum Gasteiger partial charge on any atom is -0.394 e. The fourth-order valence-corrected chi connectivity index (χ4v) is 2.67. The van der Waals surface area contributed by atoms with Gasteiger partial charge in [-0.25, -0.2) is 14.6 Å². The average molecular weight is 346 g/mol. The van der Waals surface area contributed by atoms with Crippen molar-refractivity contribution in [2.45, 2.75) is 32.4 Å². The highest BCUT2D eigenvalue weighted by Gasteiger charge is 2.20. The summed E-state index contributed by atoms with van der Waals surface area (Å²) in [6, 6.07) is 7.07. The summed E-state index contributed by atoms with van der Waals surface area (Å²) in [7, 11) is 0. The molecule has 3 rings (SSSR count). The minimum absolute atomic E-state index is 0.0689. The Morgan fingerprint density at radius 1 is 1.21 bits per heavy atom. The first-order chi connectivity index (χ1) is 11.4. The van der Waals surface area contributed by atoms with Crippen LogP contribution in [0.5, 0.6) is 0 Å². The van der Waals surface area contributed by atoms with Gasteiger partial charge in [-0.3, -0.25) is 0 Å². The van der Waals surface area contributed by atoms with Crippen LogP contribution in [0.2, 0.25) is 5.02 Å². The van der Waals surface area contributed by atoms with Crippen molar-refractivity contribution in [3.05, 3.63) is 47.4 Å². The first-order valence-electron chi connectivity index (χ1n) is 7.72. The molecule has 0 saturated carbocycles. The minimum atomic E-state index is -0.293. The summed E-state index contributed by atoms with van der Waals surface area (Å²) >= 11 is 5.93. The average Bonchev–Trinajstić information content (AvgIpc) is 2.98. The maximum Gasteiger partial charge on any atom is 0.163 e. The number of halogens is 1. The molecular weight excluding hydrogens is 326 g/mol. The van der Waals surface area contributed by atoms with Gasteiger partial charge in [0.05, 0.1) is 29.8 Å². The van der Waals surface area contributed by atoms with Crippen LogP contribution < -0.4 is 5.32 Å². The number of hydrogen-bond donors (Lipinski definition) is 2. The number of aromatic nitrogens is 4. The van der Waals surface area contributed by atoms with E-state index in [9.17, 15) is 5.11 Å². The molecule has 6 nitrogen and oxygen atoms in total. The molecule has 0 spiro atoms. The standard InChI is InChI=1S/C17H20ClN5O/c1-17(2,3)23-16-13(8-21-23)15(19-10-20-16)22-14(9-24)11-4-6-12(18)7-5-11/h4-8,10,14,24H,9H2,1-3H3,(H,19,20,22). The predicted molar refractivity (Wildman–Crippen MR) is 95.2 cm³/mol. The smallest absolute Gasteiger partial charge is 0.163 e. The van der Waals surface area contributed by atoms with Crippen molar-refractivity contribution in [2.24, 2.45) is 0 Å². The molecule has 24 heavy (non-hydrogen) atoms. The second kappa shape index (κ2) is 6.37. The molecule has 1 aromatic carbocycles. The third-order valence-electron chi connectivity index (χ3n) is 3.77. The summed E-state index contributed by atoms with van der Waals surface area (Å²) in [6.07, 6.45) is 3.25. The quantitative estimate of drug-likeness (QED) is 0.758. The van der Waals surface area contributed by atoms with Crippen molar-refractivity contribution in [1.29, 1.82) is 0 Å². The van der Waals surface area contributed by atoms with Gasteiger partial charge in [-0.15, -0.1) is 0 Å². The zero-order valence-electron chi connectivity index (χ0n) is 13.9. The van der Waals surface area contributed by atoms with Crippen LogP contribution in [0.3, 0.4) is 0 Å². The molecule has 0 aliphatic rings. The maximum absolute atomic E-state index is 9.76. The number of aliphatic hydroxyl groups excluding tert-OH is 1. The molecule has 0 aliphatic heterocycles. The molecule has 0 amide bonds. The molecule has 7 heteroatoms. The van der Waals surface area contributed by atoms with Gasteiger partial charge in [-0.2, -0.15) is 5.10 Å². The van der Waals surface area contributed by atoms with E-state index in [0.717, 1.165) is 16.6 Å². The third kappa shape index (κ3) is 3.20. The lowest BCUT2D eigenvalue weighted by Gasteiger charge is -2.20. The molecule has 0 fully saturated rings. The largest absolute Gasteiger partial charge is 0.394 e. The number of benzene rings is 1. The maximum atomic E-state index is 9.76. The molecule has 2 N–H and O–H groups in total. The second-order valence-corrected chi connectivity index (χ2v) is 7.05. The molecular formula is C17H20ClN5O. The van der Waals surface area contributed by atoms with Gasteiger partial charge in [-0.1, -0.05) is 23.7 Å². The fraction of sp³-hybridized carbons (Fsp3) is 0.353. The van der Waals surface area contributed by atoms with E-state index >= 15 is 0 Å². The van der Waals surface area contributed by atoms with Crippen molar-refractivity contribution in [1.82, 2.24) is 19.7 Å². The Kier molecular flexibility index (Phi) is 4.43. The van der Waals surface area contributed by atoms with Gasteiger partial charge in [0.15, 0.2) is 5.65 Å². The lowest BCUT2D eigenvalue weighted by atomic mass is 10.1. The van der Waals surface area contributed by atoms with Gasteiger partial charge in [0.25, 0.3) is 0 Å². The number of aliphatic hydroxyl groups is 1. The van der Waals surface area contributed by atoms with Crippen molar-refractivity contribution >= 4 is 28.5 Å². The van der Waals surface area contributed by atoms with Gasteiger partial charge in [0.1, 0.15) is 12.1 Å². The summed E-state index contributed by atoms with van der Waals surface area (Å²) in [5.41, 5.74) is 1.50. The SMILES string of the molecule is CC(C)(C)n1ncc2c(NC(CO)c3ccc(Cl)cc3)ncnc21. The Balaban J connectivity index is 1.97. The Morgan fingerprint density at radius 3 is 2.54 bits per heavy atom. The summed E-state index contributed by atoms with van der Waals surface area (Å²) in [5.74, 6) is 0.643. The Hall–Kier alpha value is -2.18. The molecule has 2 heterocycles. The van der Waals surface area contributed by atoms with Crippen molar-refractivity contribution < 1.29 is 5.11 Å². The molecule has 0 saturated heterocycles. The van der Waals surface area contributed by atoms with E-state index in [1.807, 2.05) is 16.8 Å². The van der Waals surface area contributed by atoms with Crippen LogP contribution in [0.25, 0.3) is 11.0 Å². The van der Waals surface area contributed by atoms with E-state index in [0.29, 0.717) is 10.8 Å². The topological polar surface area (TPSA) is 75.9 Å². The molecule has 1 atom stereocenters. The monoisotopic (exact) mass is 345 g/mol. The summed E-state index contributed by atoms with van der Waals surface area (Å²) in [4.78, 5) is 8.68. The second-order valence-electron chi connectivity index (χ2n) is 6.62. The van der Waals surface area contributed by atoms with Crippen molar-refractivity contribution in [3.63, 3.8) is 0 Å². The van der Waals surface area contributed by atoms with Gasteiger partial charge in [-0.05, 0) is 38.5 Å². The molecule has 126 valence electrons. The molecule has 1 unspecified atom stereocenters. The van der Waals surface area contributed by atoms with E-state index in [-0.39, 0.29) is 18.2 Å². The number of nitrogens with one attached hydrogen (secondary N) is 1. The van der Waals surface area contributed by atoms with Gasteiger partial charge in [0.2, 0.25) is 0 Å². The fourth-order valence-electron chi connectivity index (χ4n) is 2.54. The zero-order valence-corrected chi connectivity index (χ0v) is 14.6. The van der Waals surface area contributed by atoms with Gasteiger partial charge < -0.3 is 10.4 Å². The number of hydrogen-bond acceptors (Lipinski definition) is 5. The molecule has 2 aromatic heterocycles. The zero-order chi connectivity index (χ0) is 17.3. The number of nitrogens with zero attached hydrogens (tertiary/aromatic N) is 4. The van der Waals surface area contributed by atoms with Crippen LogP contribution in [-0.4, -0.2) is 31.5 Å². The van der Waals surface area contributed by atoms with Crippen LogP contribution in [0, 0.1) is 0 Å². The lowest BCUT2D eigenvalue weighted by molar-refractivity contribution is 0.276. The first-order valence-corrected chi connectivity index (χ1v) is 8.10. The van der Waals surface area contributed by atoms with E-state index in [1.54, 1.807) is 18.3 Å². The summed E-state index contributed by atoms with van der Waals surface area (Å²) < 4.78 is 1.87. The highest BCUT2D eigenvalue weighted by molar-refractivity contribution is 6.30. The van der Waals surface area contributed by atoms with Crippen molar-refractivity contribution in [2.75, 3.05) is 11.9 Å². The number of anilines is 1. The Morgan fingerprint density at radius 2 is 1.92 bits per heavy atom. The van der Waals surface area contributed by atoms with Crippen LogP contribution in [-0.2, 0) is 5.54 Å². The molecule has 0 radical (unpaired) electrons. The summed E-state index contributed by atoms with van der Waals surface area (Å²) in [6.45, 7) is 6.14. The van der Waals surface area contributed by atoms with Crippen molar-refractivity contribution in [3.8, 4) is 0 Å². The third-order valence-corrected chi connectivity index (χ3v) is 4.02. The number of rotatable bonds is 4. The summed E-state index contributed by atoms with van der Waals surface area (Å²) in [5, 5.41) is 18.9. The van der Waals surface area contributed by atoms with Gasteiger partial charge in [0, 0.05) is 5.02 Å². The molecule has 0 bridgehead atoms. The van der Waals surface area contributed by atoms with E-state index in [2.05, 4.69) is 41.2 Å². The van der Waals surface area contributed by atoms with Crippen LogP contribution in [0.4, 0.5) is 5.82 Å². The van der Waals surface area contributed by atoms with E-state index in [4.69, 9.17) is 11.6 Å². The number of fused-ring (bicyclic) bond motifs is 1.